The average Bonchev–Trinajstić information content (AvgIpc) is 3.32. The molecule has 0 aliphatic rings. The lowest BCUT2D eigenvalue weighted by molar-refractivity contribution is 0.269. The molecule has 7 heteroatoms. The summed E-state index contributed by atoms with van der Waals surface area (Å²) in [5, 5.41) is 4.72. The predicted octanol–water partition coefficient (Wildman–Crippen LogP) is 5.43. The number of nitrogen functional groups attached to an aromatic ring is 1. The van der Waals surface area contributed by atoms with Crippen molar-refractivity contribution in [3.63, 3.8) is 0 Å². The van der Waals surface area contributed by atoms with Crippen LogP contribution in [-0.4, -0.2) is 10.1 Å². The normalized spacial score (nSPS) is 11.0. The fraction of sp³-hybridized carbons (Fsp3) is 0.143. The van der Waals surface area contributed by atoms with Gasteiger partial charge < -0.3 is 19.4 Å². The van der Waals surface area contributed by atoms with Crippen molar-refractivity contribution in [3.8, 4) is 28.8 Å². The Morgan fingerprint density at radius 2 is 1.96 bits per heavy atom. The molecule has 0 aliphatic carbocycles. The van der Waals surface area contributed by atoms with Gasteiger partial charge in [0.1, 0.15) is 18.1 Å². The largest absolute Gasteiger partial charge is 0.485 e. The molecule has 2 aromatic heterocycles. The molecule has 4 aromatic rings. The number of furan rings is 1. The SMILES string of the molecule is Cc1cc(Cl)ccc1OCc1ccc(-c2nc(-c3cccc(N)c3C)no2)o1. The van der Waals surface area contributed by atoms with E-state index in [1.807, 2.05) is 50.2 Å². The zero-order chi connectivity index (χ0) is 19.7. The first-order valence-corrected chi connectivity index (χ1v) is 9.06. The maximum absolute atomic E-state index is 5.97. The molecular formula is C21H18ClN3O3. The van der Waals surface area contributed by atoms with E-state index < -0.39 is 0 Å². The van der Waals surface area contributed by atoms with Crippen LogP contribution >= 0.6 is 11.6 Å². The van der Waals surface area contributed by atoms with Gasteiger partial charge >= 0.3 is 0 Å². The highest BCUT2D eigenvalue weighted by atomic mass is 35.5. The van der Waals surface area contributed by atoms with E-state index in [-0.39, 0.29) is 6.61 Å². The molecule has 2 aromatic carbocycles. The van der Waals surface area contributed by atoms with Crippen molar-refractivity contribution < 1.29 is 13.7 Å². The molecule has 0 atom stereocenters. The Bertz CT molecular complexity index is 1130. The molecule has 2 N–H and O–H groups in total. The number of benzene rings is 2. The van der Waals surface area contributed by atoms with E-state index in [2.05, 4.69) is 10.1 Å². The Labute approximate surface area is 166 Å². The standard InChI is InChI=1S/C21H18ClN3O3/c1-12-10-14(22)6-8-18(12)26-11-15-7-9-19(27-15)21-24-20(25-28-21)16-4-3-5-17(23)13(16)2/h3-10H,11,23H2,1-2H3. The van der Waals surface area contributed by atoms with Gasteiger partial charge in [-0.3, -0.25) is 0 Å². The fourth-order valence-corrected chi connectivity index (χ4v) is 3.05. The van der Waals surface area contributed by atoms with E-state index >= 15 is 0 Å². The van der Waals surface area contributed by atoms with Gasteiger partial charge in [-0.2, -0.15) is 4.98 Å². The molecule has 0 aliphatic heterocycles. The first-order valence-electron chi connectivity index (χ1n) is 8.68. The summed E-state index contributed by atoms with van der Waals surface area (Å²) in [5.74, 6) is 2.63. The van der Waals surface area contributed by atoms with Crippen molar-refractivity contribution in [3.05, 3.63) is 70.4 Å². The van der Waals surface area contributed by atoms with Crippen LogP contribution < -0.4 is 10.5 Å². The third kappa shape index (κ3) is 3.59. The van der Waals surface area contributed by atoms with Crippen LogP contribution in [0.3, 0.4) is 0 Å². The van der Waals surface area contributed by atoms with Crippen LogP contribution in [0.1, 0.15) is 16.9 Å². The zero-order valence-electron chi connectivity index (χ0n) is 15.4. The summed E-state index contributed by atoms with van der Waals surface area (Å²) in [6, 6.07) is 14.7. The van der Waals surface area contributed by atoms with Gasteiger partial charge in [-0.25, -0.2) is 0 Å². The number of aromatic nitrogens is 2. The van der Waals surface area contributed by atoms with Crippen LogP contribution in [0.15, 0.2) is 57.5 Å². The van der Waals surface area contributed by atoms with Gasteiger partial charge in [-0.05, 0) is 61.4 Å². The molecule has 0 unspecified atom stereocenters. The summed E-state index contributed by atoms with van der Waals surface area (Å²) in [6.07, 6.45) is 0. The minimum absolute atomic E-state index is 0.276. The molecular weight excluding hydrogens is 378 g/mol. The number of nitrogens with two attached hydrogens (primary N) is 1. The summed E-state index contributed by atoms with van der Waals surface area (Å²) in [7, 11) is 0. The van der Waals surface area contributed by atoms with Crippen molar-refractivity contribution in [1.29, 1.82) is 0 Å². The Hall–Kier alpha value is -3.25. The van der Waals surface area contributed by atoms with Crippen LogP contribution in [0.4, 0.5) is 5.69 Å². The number of ether oxygens (including phenoxy) is 1. The Kier molecular flexibility index (Phi) is 4.79. The molecule has 0 bridgehead atoms. The first kappa shape index (κ1) is 18.1. The molecule has 0 spiro atoms. The van der Waals surface area contributed by atoms with E-state index in [4.69, 9.17) is 31.0 Å². The second-order valence-electron chi connectivity index (χ2n) is 6.41. The summed E-state index contributed by atoms with van der Waals surface area (Å²) in [6.45, 7) is 4.13. The summed E-state index contributed by atoms with van der Waals surface area (Å²) in [4.78, 5) is 4.43. The van der Waals surface area contributed by atoms with Crippen LogP contribution in [0.5, 0.6) is 5.75 Å². The zero-order valence-corrected chi connectivity index (χ0v) is 16.2. The van der Waals surface area contributed by atoms with E-state index in [0.29, 0.717) is 33.9 Å². The predicted molar refractivity (Wildman–Crippen MR) is 107 cm³/mol. The Morgan fingerprint density at radius 1 is 1.11 bits per heavy atom. The van der Waals surface area contributed by atoms with Gasteiger partial charge in [-0.1, -0.05) is 28.9 Å². The number of hydrogen-bond acceptors (Lipinski definition) is 6. The van der Waals surface area contributed by atoms with E-state index in [9.17, 15) is 0 Å². The van der Waals surface area contributed by atoms with Gasteiger partial charge in [0.15, 0.2) is 5.76 Å². The van der Waals surface area contributed by atoms with Crippen molar-refractivity contribution in [2.45, 2.75) is 20.5 Å². The highest BCUT2D eigenvalue weighted by Gasteiger charge is 2.16. The van der Waals surface area contributed by atoms with Crippen LogP contribution in [0.25, 0.3) is 23.0 Å². The molecule has 6 nitrogen and oxygen atoms in total. The number of halogens is 1. The van der Waals surface area contributed by atoms with E-state index in [0.717, 1.165) is 22.4 Å². The third-order valence-electron chi connectivity index (χ3n) is 4.42. The van der Waals surface area contributed by atoms with Crippen molar-refractivity contribution in [1.82, 2.24) is 10.1 Å². The minimum Gasteiger partial charge on any atom is -0.485 e. The Morgan fingerprint density at radius 3 is 2.79 bits per heavy atom. The molecule has 0 saturated heterocycles. The molecule has 0 saturated carbocycles. The monoisotopic (exact) mass is 395 g/mol. The van der Waals surface area contributed by atoms with Gasteiger partial charge in [0.2, 0.25) is 5.82 Å². The molecule has 28 heavy (non-hydrogen) atoms. The van der Waals surface area contributed by atoms with E-state index in [1.54, 1.807) is 12.1 Å². The number of rotatable bonds is 5. The van der Waals surface area contributed by atoms with Gasteiger partial charge in [-0.15, -0.1) is 0 Å². The maximum Gasteiger partial charge on any atom is 0.293 e. The molecule has 0 fully saturated rings. The van der Waals surface area contributed by atoms with Crippen molar-refractivity contribution >= 4 is 17.3 Å². The molecule has 142 valence electrons. The van der Waals surface area contributed by atoms with Crippen LogP contribution in [0.2, 0.25) is 5.02 Å². The summed E-state index contributed by atoms with van der Waals surface area (Å²) < 4.78 is 16.9. The van der Waals surface area contributed by atoms with Gasteiger partial charge in [0.05, 0.1) is 0 Å². The first-order chi connectivity index (χ1) is 13.5. The smallest absolute Gasteiger partial charge is 0.293 e. The number of hydrogen-bond donors (Lipinski definition) is 1. The van der Waals surface area contributed by atoms with E-state index in [1.165, 1.54) is 0 Å². The molecule has 0 radical (unpaired) electrons. The van der Waals surface area contributed by atoms with Gasteiger partial charge in [0.25, 0.3) is 5.89 Å². The lowest BCUT2D eigenvalue weighted by Gasteiger charge is -2.07. The van der Waals surface area contributed by atoms with Crippen molar-refractivity contribution in [2.75, 3.05) is 5.73 Å². The second kappa shape index (κ2) is 7.40. The number of anilines is 1. The lowest BCUT2D eigenvalue weighted by atomic mass is 10.1. The second-order valence-corrected chi connectivity index (χ2v) is 6.84. The fourth-order valence-electron chi connectivity index (χ4n) is 2.82. The molecule has 4 rings (SSSR count). The van der Waals surface area contributed by atoms with Crippen molar-refractivity contribution in [2.24, 2.45) is 0 Å². The van der Waals surface area contributed by atoms with Gasteiger partial charge in [0, 0.05) is 16.3 Å². The molecule has 0 amide bonds. The highest BCUT2D eigenvalue weighted by Crippen LogP contribution is 2.28. The summed E-state index contributed by atoms with van der Waals surface area (Å²) >= 11 is 5.97. The maximum atomic E-state index is 5.97. The molecule has 2 heterocycles. The lowest BCUT2D eigenvalue weighted by Crippen LogP contribution is -1.95. The third-order valence-corrected chi connectivity index (χ3v) is 4.66. The topological polar surface area (TPSA) is 87.3 Å². The van der Waals surface area contributed by atoms with Crippen LogP contribution in [0, 0.1) is 13.8 Å². The summed E-state index contributed by atoms with van der Waals surface area (Å²) in [5.41, 5.74) is 9.32. The van der Waals surface area contributed by atoms with Crippen LogP contribution in [-0.2, 0) is 6.61 Å². The highest BCUT2D eigenvalue weighted by molar-refractivity contribution is 6.30. The quantitative estimate of drug-likeness (QED) is 0.453. The number of nitrogens with zero attached hydrogens (tertiary/aromatic N) is 2. The number of aryl methyl sites for hydroxylation is 1. The Balaban J connectivity index is 1.50. The minimum atomic E-state index is 0.276. The average molecular weight is 396 g/mol.